The monoisotopic (exact) mass is 504 g/mol. The first-order valence-electron chi connectivity index (χ1n) is 11.0. The summed E-state index contributed by atoms with van der Waals surface area (Å²) in [6, 6.07) is 15.1. The number of aryl methyl sites for hydroxylation is 1. The topological polar surface area (TPSA) is 89.0 Å². The number of nitrogens with zero attached hydrogens (tertiary/aromatic N) is 2. The van der Waals surface area contributed by atoms with Crippen molar-refractivity contribution < 1.29 is 28.6 Å². The number of methoxy groups -OCH3 is 2. The highest BCUT2D eigenvalue weighted by molar-refractivity contribution is 7.22. The third-order valence-electron chi connectivity index (χ3n) is 6.07. The summed E-state index contributed by atoms with van der Waals surface area (Å²) < 4.78 is 25.0. The van der Waals surface area contributed by atoms with Crippen molar-refractivity contribution in [1.82, 2.24) is 4.98 Å². The third-order valence-corrected chi connectivity index (χ3v) is 7.08. The van der Waals surface area contributed by atoms with Gasteiger partial charge in [-0.15, -0.1) is 0 Å². The van der Waals surface area contributed by atoms with E-state index < -0.39 is 23.5 Å². The van der Waals surface area contributed by atoms with Crippen LogP contribution in [0.5, 0.6) is 11.5 Å². The predicted octanol–water partition coefficient (Wildman–Crippen LogP) is 5.39. The number of anilines is 1. The molecular formula is C27H21FN2O5S. The van der Waals surface area contributed by atoms with Crippen molar-refractivity contribution in [2.75, 3.05) is 19.1 Å². The molecular weight excluding hydrogens is 483 g/mol. The van der Waals surface area contributed by atoms with Crippen LogP contribution in [0.3, 0.4) is 0 Å². The zero-order valence-electron chi connectivity index (χ0n) is 19.6. The molecule has 1 amide bonds. The van der Waals surface area contributed by atoms with Gasteiger partial charge in [0.25, 0.3) is 5.78 Å². The standard InChI is InChI=1S/C27H21FN2O5S/c1-14-11-16(7-10-20(14)35-3)24(31)22-23(15-5-4-6-18(12-15)34-2)30(26(33)25(22)32)27-29-19-9-8-17(28)13-21(19)36-27/h4-13,23,31H,1-3H3/b24-22+. The minimum absolute atomic E-state index is 0.0803. The van der Waals surface area contributed by atoms with E-state index in [1.807, 2.05) is 6.92 Å². The Morgan fingerprint density at radius 1 is 1.06 bits per heavy atom. The van der Waals surface area contributed by atoms with Gasteiger partial charge in [0, 0.05) is 5.56 Å². The van der Waals surface area contributed by atoms with Crippen LogP contribution in [-0.4, -0.2) is 36.0 Å². The number of hydrogen-bond acceptors (Lipinski definition) is 7. The molecule has 1 fully saturated rings. The van der Waals surface area contributed by atoms with Gasteiger partial charge in [0.1, 0.15) is 23.1 Å². The number of aromatic nitrogens is 1. The molecule has 2 heterocycles. The maximum Gasteiger partial charge on any atom is 0.301 e. The number of benzene rings is 3. The SMILES string of the molecule is COc1cccc(C2/C(=C(\O)c3ccc(OC)c(C)c3)C(=O)C(=O)N2c2nc3ccc(F)cc3s2)c1. The Morgan fingerprint density at radius 2 is 1.86 bits per heavy atom. The summed E-state index contributed by atoms with van der Waals surface area (Å²) in [5.74, 6) is -1.29. The number of ketones is 1. The number of aliphatic hydroxyl groups excluding tert-OH is 1. The highest BCUT2D eigenvalue weighted by Gasteiger charge is 2.48. The molecule has 182 valence electrons. The zero-order chi connectivity index (χ0) is 25.6. The number of hydrogen-bond donors (Lipinski definition) is 1. The summed E-state index contributed by atoms with van der Waals surface area (Å²) in [6.45, 7) is 1.81. The average molecular weight is 505 g/mol. The molecule has 4 aromatic rings. The normalized spacial score (nSPS) is 17.1. The van der Waals surface area contributed by atoms with Gasteiger partial charge < -0.3 is 14.6 Å². The lowest BCUT2D eigenvalue weighted by atomic mass is 9.94. The zero-order valence-corrected chi connectivity index (χ0v) is 20.4. The maximum absolute atomic E-state index is 13.8. The molecule has 7 nitrogen and oxygen atoms in total. The molecule has 0 radical (unpaired) electrons. The highest BCUT2D eigenvalue weighted by atomic mass is 32.1. The Hall–Kier alpha value is -4.24. The second-order valence-electron chi connectivity index (χ2n) is 8.24. The Morgan fingerprint density at radius 3 is 2.58 bits per heavy atom. The molecule has 1 N–H and O–H groups in total. The first kappa shape index (κ1) is 23.5. The van der Waals surface area contributed by atoms with E-state index in [-0.39, 0.29) is 16.5 Å². The van der Waals surface area contributed by atoms with Crippen LogP contribution < -0.4 is 14.4 Å². The van der Waals surface area contributed by atoms with Crippen molar-refractivity contribution in [3.05, 3.63) is 88.7 Å². The molecule has 1 aliphatic heterocycles. The van der Waals surface area contributed by atoms with Gasteiger partial charge in [0.15, 0.2) is 5.13 Å². The van der Waals surface area contributed by atoms with Gasteiger partial charge in [0.2, 0.25) is 0 Å². The van der Waals surface area contributed by atoms with Crippen LogP contribution in [-0.2, 0) is 9.59 Å². The molecule has 5 rings (SSSR count). The van der Waals surface area contributed by atoms with E-state index in [0.29, 0.717) is 32.8 Å². The van der Waals surface area contributed by atoms with E-state index in [1.165, 1.54) is 30.2 Å². The fraction of sp³-hybridized carbons (Fsp3) is 0.148. The Balaban J connectivity index is 1.73. The molecule has 0 spiro atoms. The van der Waals surface area contributed by atoms with Gasteiger partial charge in [0.05, 0.1) is 36.1 Å². The number of ether oxygens (including phenoxy) is 2. The molecule has 1 aliphatic rings. The smallest absolute Gasteiger partial charge is 0.301 e. The van der Waals surface area contributed by atoms with Crippen molar-refractivity contribution >= 4 is 44.1 Å². The van der Waals surface area contributed by atoms with Crippen LogP contribution in [0.2, 0.25) is 0 Å². The number of fused-ring (bicyclic) bond motifs is 1. The average Bonchev–Trinajstić information content (AvgIpc) is 3.41. The summed E-state index contributed by atoms with van der Waals surface area (Å²) >= 11 is 1.09. The lowest BCUT2D eigenvalue weighted by Gasteiger charge is -2.23. The van der Waals surface area contributed by atoms with Crippen molar-refractivity contribution in [3.8, 4) is 11.5 Å². The Bertz CT molecular complexity index is 1560. The van der Waals surface area contributed by atoms with Gasteiger partial charge in [-0.3, -0.25) is 14.5 Å². The van der Waals surface area contributed by atoms with E-state index in [4.69, 9.17) is 9.47 Å². The molecule has 0 aliphatic carbocycles. The van der Waals surface area contributed by atoms with Crippen LogP contribution in [0.1, 0.15) is 22.7 Å². The molecule has 0 bridgehead atoms. The second-order valence-corrected chi connectivity index (χ2v) is 9.25. The molecule has 9 heteroatoms. The van der Waals surface area contributed by atoms with E-state index in [0.717, 1.165) is 16.9 Å². The quantitative estimate of drug-likeness (QED) is 0.223. The second kappa shape index (κ2) is 9.09. The molecule has 1 atom stereocenters. The fourth-order valence-electron chi connectivity index (χ4n) is 4.33. The minimum Gasteiger partial charge on any atom is -0.507 e. The molecule has 0 saturated carbocycles. The van der Waals surface area contributed by atoms with E-state index in [9.17, 15) is 19.1 Å². The first-order chi connectivity index (χ1) is 17.3. The van der Waals surface area contributed by atoms with Gasteiger partial charge in [-0.05, 0) is 66.6 Å². The van der Waals surface area contributed by atoms with Crippen molar-refractivity contribution in [3.63, 3.8) is 0 Å². The number of carbonyl (C=O) groups is 2. The van der Waals surface area contributed by atoms with E-state index in [1.54, 1.807) is 49.6 Å². The van der Waals surface area contributed by atoms with Crippen LogP contribution in [0.15, 0.2) is 66.2 Å². The molecule has 1 aromatic heterocycles. The van der Waals surface area contributed by atoms with Gasteiger partial charge in [-0.1, -0.05) is 23.5 Å². The summed E-state index contributed by atoms with van der Waals surface area (Å²) in [5.41, 5.74) is 2.08. The third kappa shape index (κ3) is 3.87. The van der Waals surface area contributed by atoms with Gasteiger partial charge in [-0.25, -0.2) is 9.37 Å². The largest absolute Gasteiger partial charge is 0.507 e. The minimum atomic E-state index is -0.979. The molecule has 36 heavy (non-hydrogen) atoms. The van der Waals surface area contributed by atoms with Crippen LogP contribution in [0, 0.1) is 12.7 Å². The molecule has 1 saturated heterocycles. The van der Waals surface area contributed by atoms with Gasteiger partial charge >= 0.3 is 5.91 Å². The van der Waals surface area contributed by atoms with E-state index >= 15 is 0 Å². The van der Waals surface area contributed by atoms with Crippen molar-refractivity contribution in [1.29, 1.82) is 0 Å². The number of amides is 1. The Labute approximate surface area is 210 Å². The summed E-state index contributed by atoms with van der Waals surface area (Å²) in [7, 11) is 3.05. The number of Topliss-reactive ketones (excluding diaryl/α,β-unsaturated/α-hetero) is 1. The van der Waals surface area contributed by atoms with Crippen molar-refractivity contribution in [2.24, 2.45) is 0 Å². The number of aliphatic hydroxyl groups is 1. The lowest BCUT2D eigenvalue weighted by molar-refractivity contribution is -0.132. The lowest BCUT2D eigenvalue weighted by Crippen LogP contribution is -2.29. The molecule has 3 aromatic carbocycles. The summed E-state index contributed by atoms with van der Waals surface area (Å²) in [5, 5.41) is 11.6. The van der Waals surface area contributed by atoms with E-state index in [2.05, 4.69) is 4.98 Å². The van der Waals surface area contributed by atoms with Crippen LogP contribution in [0.25, 0.3) is 16.0 Å². The Kier molecular flexibility index (Phi) is 5.93. The number of carbonyl (C=O) groups excluding carboxylic acids is 2. The fourth-order valence-corrected chi connectivity index (χ4v) is 5.34. The number of rotatable bonds is 5. The number of halogens is 1. The van der Waals surface area contributed by atoms with Crippen molar-refractivity contribution in [2.45, 2.75) is 13.0 Å². The number of thiazole rings is 1. The van der Waals surface area contributed by atoms with Crippen LogP contribution >= 0.6 is 11.3 Å². The maximum atomic E-state index is 13.8. The highest BCUT2D eigenvalue weighted by Crippen LogP contribution is 2.45. The molecule has 1 unspecified atom stereocenters. The summed E-state index contributed by atoms with van der Waals surface area (Å²) in [6.07, 6.45) is 0. The van der Waals surface area contributed by atoms with Gasteiger partial charge in [-0.2, -0.15) is 0 Å². The predicted molar refractivity (Wildman–Crippen MR) is 135 cm³/mol. The summed E-state index contributed by atoms with van der Waals surface area (Å²) in [4.78, 5) is 32.5. The van der Waals surface area contributed by atoms with Crippen LogP contribution in [0.4, 0.5) is 9.52 Å². The first-order valence-corrected chi connectivity index (χ1v) is 11.8.